The average Bonchev–Trinajstić information content (AvgIpc) is 2.91. The molecule has 8 heteroatoms. The third-order valence-corrected chi connectivity index (χ3v) is 5.60. The van der Waals surface area contributed by atoms with Crippen molar-refractivity contribution in [3.05, 3.63) is 29.8 Å². The van der Waals surface area contributed by atoms with Gasteiger partial charge in [0.05, 0.1) is 18.1 Å². The molecule has 1 aliphatic heterocycles. The molecule has 1 aliphatic rings. The van der Waals surface area contributed by atoms with E-state index in [-0.39, 0.29) is 17.9 Å². The zero-order valence-electron chi connectivity index (χ0n) is 14.2. The van der Waals surface area contributed by atoms with E-state index in [4.69, 9.17) is 9.47 Å². The van der Waals surface area contributed by atoms with Crippen LogP contribution in [-0.4, -0.2) is 51.1 Å². The fraction of sp³-hybridized carbons (Fsp3) is 0.529. The monoisotopic (exact) mass is 369 g/mol. The minimum Gasteiger partial charge on any atom is -0.494 e. The third-order valence-electron chi connectivity index (χ3n) is 3.83. The van der Waals surface area contributed by atoms with E-state index in [0.717, 1.165) is 11.3 Å². The highest BCUT2D eigenvalue weighted by Crippen LogP contribution is 2.19. The van der Waals surface area contributed by atoms with Crippen molar-refractivity contribution in [1.82, 2.24) is 5.32 Å². The van der Waals surface area contributed by atoms with Gasteiger partial charge in [-0.15, -0.1) is 0 Å². The predicted molar refractivity (Wildman–Crippen MR) is 92.1 cm³/mol. The van der Waals surface area contributed by atoms with Gasteiger partial charge in [0, 0.05) is 12.5 Å². The van der Waals surface area contributed by atoms with Crippen LogP contribution in [0.2, 0.25) is 0 Å². The summed E-state index contributed by atoms with van der Waals surface area (Å²) >= 11 is 0. The molecule has 1 aromatic carbocycles. The summed E-state index contributed by atoms with van der Waals surface area (Å²) in [5.74, 6) is -0.207. The Morgan fingerprint density at radius 3 is 2.72 bits per heavy atom. The van der Waals surface area contributed by atoms with Crippen molar-refractivity contribution in [3.63, 3.8) is 0 Å². The molecule has 7 nitrogen and oxygen atoms in total. The Kier molecular flexibility index (Phi) is 6.81. The normalized spacial score (nSPS) is 18.5. The number of amides is 1. The van der Waals surface area contributed by atoms with Crippen LogP contribution < -0.4 is 10.1 Å². The second-order valence-corrected chi connectivity index (χ2v) is 8.10. The topological polar surface area (TPSA) is 98.8 Å². The second kappa shape index (κ2) is 8.84. The van der Waals surface area contributed by atoms with Crippen LogP contribution in [0.1, 0.15) is 25.3 Å². The lowest BCUT2D eigenvalue weighted by Crippen LogP contribution is -2.38. The smallest absolute Gasteiger partial charge is 0.306 e. The summed E-state index contributed by atoms with van der Waals surface area (Å²) in [6, 6.07) is 7.06. The predicted octanol–water partition coefficient (Wildman–Crippen LogP) is 0.864. The van der Waals surface area contributed by atoms with Gasteiger partial charge in [0.2, 0.25) is 0 Å². The number of sulfone groups is 1. The van der Waals surface area contributed by atoms with Gasteiger partial charge in [-0.05, 0) is 31.4 Å². The number of carbonyl (C=O) groups excluding carboxylic acids is 2. The lowest BCUT2D eigenvalue weighted by molar-refractivity contribution is -0.148. The van der Waals surface area contributed by atoms with Gasteiger partial charge in [0.1, 0.15) is 5.75 Å². The molecular formula is C17H23NO6S. The van der Waals surface area contributed by atoms with E-state index in [9.17, 15) is 18.0 Å². The van der Waals surface area contributed by atoms with Crippen molar-refractivity contribution in [3.8, 4) is 5.75 Å². The molecule has 0 unspecified atom stereocenters. The minimum absolute atomic E-state index is 0.0547. The van der Waals surface area contributed by atoms with Crippen LogP contribution in [0, 0.1) is 0 Å². The van der Waals surface area contributed by atoms with E-state index in [1.54, 1.807) is 0 Å². The molecule has 1 saturated heterocycles. The van der Waals surface area contributed by atoms with E-state index in [1.807, 2.05) is 31.2 Å². The van der Waals surface area contributed by atoms with Crippen LogP contribution in [0.15, 0.2) is 24.3 Å². The Hall–Kier alpha value is -2.09. The summed E-state index contributed by atoms with van der Waals surface area (Å²) in [7, 11) is -3.05. The molecule has 0 radical (unpaired) electrons. The number of ether oxygens (including phenoxy) is 2. The van der Waals surface area contributed by atoms with Gasteiger partial charge in [0.25, 0.3) is 5.91 Å². The Morgan fingerprint density at radius 1 is 1.28 bits per heavy atom. The van der Waals surface area contributed by atoms with Crippen LogP contribution in [0.5, 0.6) is 5.75 Å². The van der Waals surface area contributed by atoms with Crippen molar-refractivity contribution in [2.24, 2.45) is 0 Å². The first-order chi connectivity index (χ1) is 11.9. The number of hydrogen-bond acceptors (Lipinski definition) is 6. The Labute approximate surface area is 147 Å². The van der Waals surface area contributed by atoms with Crippen LogP contribution in [-0.2, 0) is 30.6 Å². The van der Waals surface area contributed by atoms with Crippen LogP contribution >= 0.6 is 0 Å². The quantitative estimate of drug-likeness (QED) is 0.683. The van der Waals surface area contributed by atoms with Crippen LogP contribution in [0.25, 0.3) is 0 Å². The number of rotatable bonds is 8. The standard InChI is InChI=1S/C17H23NO6S/c1-2-23-15-6-4-3-5-13(15)7-8-17(20)24-11-16(19)18-14-9-10-25(21,22)12-14/h3-6,14H,2,7-12H2,1H3,(H,18,19)/t14-/m0/s1. The third kappa shape index (κ3) is 6.38. The maximum absolute atomic E-state index is 11.8. The number of hydrogen-bond donors (Lipinski definition) is 1. The molecule has 2 rings (SSSR count). The van der Waals surface area contributed by atoms with E-state index in [0.29, 0.717) is 19.4 Å². The van der Waals surface area contributed by atoms with Crippen molar-refractivity contribution in [2.45, 2.75) is 32.2 Å². The van der Waals surface area contributed by atoms with Gasteiger partial charge in [0.15, 0.2) is 16.4 Å². The van der Waals surface area contributed by atoms with Crippen LogP contribution in [0.3, 0.4) is 0 Å². The molecule has 1 N–H and O–H groups in total. The Bertz CT molecular complexity index is 716. The number of carbonyl (C=O) groups is 2. The van der Waals surface area contributed by atoms with Gasteiger partial charge in [-0.25, -0.2) is 8.42 Å². The maximum Gasteiger partial charge on any atom is 0.306 e. The first kappa shape index (κ1) is 19.2. The summed E-state index contributed by atoms with van der Waals surface area (Å²) in [5.41, 5.74) is 0.905. The van der Waals surface area contributed by atoms with Crippen LogP contribution in [0.4, 0.5) is 0 Å². The molecule has 0 bridgehead atoms. The highest BCUT2D eigenvalue weighted by Gasteiger charge is 2.29. The number of para-hydroxylation sites is 1. The van der Waals surface area contributed by atoms with E-state index >= 15 is 0 Å². The van der Waals surface area contributed by atoms with Crippen molar-refractivity contribution < 1.29 is 27.5 Å². The molecule has 0 aromatic heterocycles. The summed E-state index contributed by atoms with van der Waals surface area (Å²) < 4.78 is 33.1. The zero-order chi connectivity index (χ0) is 18.3. The summed E-state index contributed by atoms with van der Waals surface area (Å²) in [6.07, 6.45) is 0.989. The molecule has 0 saturated carbocycles. The van der Waals surface area contributed by atoms with Gasteiger partial charge >= 0.3 is 5.97 Å². The molecule has 25 heavy (non-hydrogen) atoms. The Morgan fingerprint density at radius 2 is 2.04 bits per heavy atom. The average molecular weight is 369 g/mol. The molecule has 1 amide bonds. The molecule has 1 aromatic rings. The fourth-order valence-electron chi connectivity index (χ4n) is 2.64. The molecule has 0 spiro atoms. The highest BCUT2D eigenvalue weighted by molar-refractivity contribution is 7.91. The van der Waals surface area contributed by atoms with Gasteiger partial charge < -0.3 is 14.8 Å². The van der Waals surface area contributed by atoms with E-state index in [1.165, 1.54) is 0 Å². The van der Waals surface area contributed by atoms with E-state index < -0.39 is 34.4 Å². The molecular weight excluding hydrogens is 346 g/mol. The number of benzene rings is 1. The summed E-state index contributed by atoms with van der Waals surface area (Å²) in [5, 5.41) is 2.57. The SMILES string of the molecule is CCOc1ccccc1CCC(=O)OCC(=O)N[C@H]1CCS(=O)(=O)C1. The molecule has 1 heterocycles. The zero-order valence-corrected chi connectivity index (χ0v) is 15.0. The van der Waals surface area contributed by atoms with E-state index in [2.05, 4.69) is 5.32 Å². The molecule has 1 fully saturated rings. The van der Waals surface area contributed by atoms with Crippen molar-refractivity contribution in [1.29, 1.82) is 0 Å². The minimum atomic E-state index is -3.05. The lowest BCUT2D eigenvalue weighted by Gasteiger charge is -2.11. The maximum atomic E-state index is 11.8. The van der Waals surface area contributed by atoms with Gasteiger partial charge in [-0.1, -0.05) is 18.2 Å². The summed E-state index contributed by atoms with van der Waals surface area (Å²) in [4.78, 5) is 23.5. The molecule has 1 atom stereocenters. The number of aryl methyl sites for hydroxylation is 1. The summed E-state index contributed by atoms with van der Waals surface area (Å²) in [6.45, 7) is 2.03. The van der Waals surface area contributed by atoms with Gasteiger partial charge in [-0.2, -0.15) is 0 Å². The van der Waals surface area contributed by atoms with Crippen molar-refractivity contribution >= 4 is 21.7 Å². The second-order valence-electron chi connectivity index (χ2n) is 5.87. The molecule has 138 valence electrons. The molecule has 0 aliphatic carbocycles. The fourth-order valence-corrected chi connectivity index (χ4v) is 4.31. The lowest BCUT2D eigenvalue weighted by atomic mass is 10.1. The Balaban J connectivity index is 1.71. The number of esters is 1. The first-order valence-electron chi connectivity index (χ1n) is 8.25. The van der Waals surface area contributed by atoms with Crippen molar-refractivity contribution in [2.75, 3.05) is 24.7 Å². The largest absolute Gasteiger partial charge is 0.494 e. The highest BCUT2D eigenvalue weighted by atomic mass is 32.2. The first-order valence-corrected chi connectivity index (χ1v) is 10.1. The van der Waals surface area contributed by atoms with Gasteiger partial charge in [-0.3, -0.25) is 9.59 Å². The number of nitrogens with one attached hydrogen (secondary N) is 1.